The third kappa shape index (κ3) is 1.88. The van der Waals surface area contributed by atoms with Crippen molar-refractivity contribution in [1.29, 1.82) is 0 Å². The Labute approximate surface area is 127 Å². The smallest absolute Gasteiger partial charge is 0.247 e. The number of piperidine rings is 1. The number of anilines is 2. The van der Waals surface area contributed by atoms with Crippen LogP contribution in [0.3, 0.4) is 0 Å². The summed E-state index contributed by atoms with van der Waals surface area (Å²) in [5.74, 6) is 0.960. The highest BCUT2D eigenvalue weighted by atomic mass is 79.9. The van der Waals surface area contributed by atoms with Gasteiger partial charge in [-0.2, -0.15) is 0 Å². The molecule has 1 amide bonds. The van der Waals surface area contributed by atoms with Crippen molar-refractivity contribution in [2.24, 2.45) is 5.92 Å². The Bertz CT molecular complexity index is 559. The molecular weight excluding hydrogens is 316 g/mol. The third-order valence-corrected chi connectivity index (χ3v) is 5.66. The molecule has 3 unspecified atom stereocenters. The Morgan fingerprint density at radius 3 is 2.90 bits per heavy atom. The van der Waals surface area contributed by atoms with Gasteiger partial charge in [-0.25, -0.2) is 0 Å². The lowest BCUT2D eigenvalue weighted by molar-refractivity contribution is -0.118. The first-order valence-electron chi connectivity index (χ1n) is 7.63. The molecule has 1 saturated heterocycles. The largest absolute Gasteiger partial charge is 0.355 e. The average molecular weight is 335 g/mol. The monoisotopic (exact) mass is 334 g/mol. The van der Waals surface area contributed by atoms with Crippen molar-refractivity contribution in [3.8, 4) is 0 Å². The summed E-state index contributed by atoms with van der Waals surface area (Å²) in [6.45, 7) is 0. The van der Waals surface area contributed by atoms with E-state index in [1.807, 2.05) is 12.1 Å². The minimum absolute atomic E-state index is 0.0381. The lowest BCUT2D eigenvalue weighted by Crippen LogP contribution is -2.58. The molecule has 4 rings (SSSR count). The molecule has 0 radical (unpaired) electrons. The van der Waals surface area contributed by atoms with Gasteiger partial charge in [-0.15, -0.1) is 0 Å². The van der Waals surface area contributed by atoms with Gasteiger partial charge in [-0.3, -0.25) is 4.79 Å². The summed E-state index contributed by atoms with van der Waals surface area (Å²) >= 11 is 3.57. The number of nitrogens with one attached hydrogen (secondary N) is 1. The quantitative estimate of drug-likeness (QED) is 0.779. The van der Waals surface area contributed by atoms with Crippen LogP contribution in [0.25, 0.3) is 0 Å². The summed E-state index contributed by atoms with van der Waals surface area (Å²) in [4.78, 5) is 14.8. The van der Waals surface area contributed by atoms with Gasteiger partial charge in [-0.05, 0) is 49.8 Å². The number of carbonyl (C=O) groups is 1. The Hall–Kier alpha value is -1.03. The van der Waals surface area contributed by atoms with Crippen LogP contribution in [0.15, 0.2) is 22.7 Å². The van der Waals surface area contributed by atoms with Gasteiger partial charge >= 0.3 is 0 Å². The molecule has 3 aliphatic rings. The summed E-state index contributed by atoms with van der Waals surface area (Å²) in [5, 5.41) is 3.08. The zero-order valence-corrected chi connectivity index (χ0v) is 13.0. The normalized spacial score (nSPS) is 31.9. The predicted octanol–water partition coefficient (Wildman–Crippen LogP) is 3.93. The maximum atomic E-state index is 12.4. The van der Waals surface area contributed by atoms with E-state index in [0.29, 0.717) is 6.04 Å². The SMILES string of the molecule is O=C1Nc2ccc(Br)cc2N2C1CCC1CCCCC12. The molecule has 0 spiro atoms. The first kappa shape index (κ1) is 12.7. The van der Waals surface area contributed by atoms with E-state index in [1.165, 1.54) is 37.8 Å². The lowest BCUT2D eigenvalue weighted by atomic mass is 9.75. The number of amides is 1. The molecule has 2 aliphatic heterocycles. The number of halogens is 1. The molecule has 3 atom stereocenters. The zero-order chi connectivity index (χ0) is 13.7. The van der Waals surface area contributed by atoms with Gasteiger partial charge in [0.2, 0.25) is 5.91 Å². The third-order valence-electron chi connectivity index (χ3n) is 5.17. The Balaban J connectivity index is 1.80. The molecule has 1 saturated carbocycles. The number of benzene rings is 1. The number of nitrogens with zero attached hydrogens (tertiary/aromatic N) is 1. The van der Waals surface area contributed by atoms with Gasteiger partial charge in [0.25, 0.3) is 0 Å². The van der Waals surface area contributed by atoms with Crippen molar-refractivity contribution in [2.45, 2.75) is 50.6 Å². The number of hydrogen-bond donors (Lipinski definition) is 1. The Morgan fingerprint density at radius 1 is 1.15 bits per heavy atom. The van der Waals surface area contributed by atoms with Crippen LogP contribution in [0.5, 0.6) is 0 Å². The number of rotatable bonds is 0. The van der Waals surface area contributed by atoms with Crippen LogP contribution in [-0.4, -0.2) is 18.0 Å². The average Bonchev–Trinajstić information content (AvgIpc) is 2.47. The molecule has 106 valence electrons. The maximum Gasteiger partial charge on any atom is 0.247 e. The molecule has 3 nitrogen and oxygen atoms in total. The molecule has 2 fully saturated rings. The minimum Gasteiger partial charge on any atom is -0.355 e. The van der Waals surface area contributed by atoms with Crippen LogP contribution in [0.1, 0.15) is 38.5 Å². The van der Waals surface area contributed by atoms with Crippen molar-refractivity contribution in [3.05, 3.63) is 22.7 Å². The van der Waals surface area contributed by atoms with Crippen molar-refractivity contribution in [1.82, 2.24) is 0 Å². The van der Waals surface area contributed by atoms with Crippen LogP contribution in [0.4, 0.5) is 11.4 Å². The second kappa shape index (κ2) is 4.76. The maximum absolute atomic E-state index is 12.4. The molecule has 1 aliphatic carbocycles. The first-order valence-corrected chi connectivity index (χ1v) is 8.42. The number of hydrogen-bond acceptors (Lipinski definition) is 2. The fraction of sp³-hybridized carbons (Fsp3) is 0.562. The second-order valence-electron chi connectivity index (χ2n) is 6.26. The van der Waals surface area contributed by atoms with E-state index < -0.39 is 0 Å². The van der Waals surface area contributed by atoms with Gasteiger partial charge in [0.15, 0.2) is 0 Å². The van der Waals surface area contributed by atoms with Crippen LogP contribution >= 0.6 is 15.9 Å². The second-order valence-corrected chi connectivity index (χ2v) is 7.18. The molecule has 0 aromatic heterocycles. The van der Waals surface area contributed by atoms with Crippen LogP contribution in [-0.2, 0) is 4.79 Å². The summed E-state index contributed by atoms with van der Waals surface area (Å²) in [5.41, 5.74) is 2.18. The van der Waals surface area contributed by atoms with Gasteiger partial charge < -0.3 is 10.2 Å². The van der Waals surface area contributed by atoms with Gasteiger partial charge in [0.05, 0.1) is 11.4 Å². The summed E-state index contributed by atoms with van der Waals surface area (Å²) in [6, 6.07) is 6.78. The van der Waals surface area contributed by atoms with E-state index in [-0.39, 0.29) is 11.9 Å². The van der Waals surface area contributed by atoms with Crippen molar-refractivity contribution in [2.75, 3.05) is 10.2 Å². The van der Waals surface area contributed by atoms with Crippen LogP contribution in [0.2, 0.25) is 0 Å². The highest BCUT2D eigenvalue weighted by Crippen LogP contribution is 2.45. The fourth-order valence-corrected chi connectivity index (χ4v) is 4.63. The Kier molecular flexibility index (Phi) is 3.02. The lowest BCUT2D eigenvalue weighted by Gasteiger charge is -2.51. The molecule has 2 heterocycles. The molecular formula is C16H19BrN2O. The first-order chi connectivity index (χ1) is 9.74. The highest BCUT2D eigenvalue weighted by Gasteiger charge is 2.44. The molecule has 0 bridgehead atoms. The topological polar surface area (TPSA) is 32.3 Å². The summed E-state index contributed by atoms with van der Waals surface area (Å²) in [6.07, 6.45) is 7.44. The minimum atomic E-state index is 0.0381. The number of carbonyl (C=O) groups excluding carboxylic acids is 1. The van der Waals surface area contributed by atoms with E-state index in [4.69, 9.17) is 0 Å². The van der Waals surface area contributed by atoms with Gasteiger partial charge in [0.1, 0.15) is 6.04 Å². The fourth-order valence-electron chi connectivity index (χ4n) is 4.28. The molecule has 1 N–H and O–H groups in total. The standard InChI is InChI=1S/C16H19BrN2O/c17-11-6-7-12-15(9-11)19-13-4-2-1-3-10(13)5-8-14(19)16(20)18-12/h6-7,9-10,13-14H,1-5,8H2,(H,18,20). The van der Waals surface area contributed by atoms with E-state index in [0.717, 1.165) is 22.5 Å². The predicted molar refractivity (Wildman–Crippen MR) is 84.0 cm³/mol. The van der Waals surface area contributed by atoms with E-state index in [2.05, 4.69) is 32.2 Å². The molecule has 20 heavy (non-hydrogen) atoms. The number of fused-ring (bicyclic) bond motifs is 5. The highest BCUT2D eigenvalue weighted by molar-refractivity contribution is 9.10. The Morgan fingerprint density at radius 2 is 2.00 bits per heavy atom. The molecule has 4 heteroatoms. The molecule has 1 aromatic rings. The summed E-state index contributed by atoms with van der Waals surface area (Å²) in [7, 11) is 0. The van der Waals surface area contributed by atoms with Gasteiger partial charge in [0, 0.05) is 10.5 Å². The van der Waals surface area contributed by atoms with Crippen molar-refractivity contribution >= 4 is 33.2 Å². The molecule has 1 aromatic carbocycles. The van der Waals surface area contributed by atoms with E-state index in [1.54, 1.807) is 0 Å². The van der Waals surface area contributed by atoms with E-state index in [9.17, 15) is 4.79 Å². The van der Waals surface area contributed by atoms with Crippen molar-refractivity contribution in [3.63, 3.8) is 0 Å². The van der Waals surface area contributed by atoms with Crippen molar-refractivity contribution < 1.29 is 4.79 Å². The van der Waals surface area contributed by atoms with Crippen LogP contribution in [0, 0.1) is 5.92 Å². The summed E-state index contributed by atoms with van der Waals surface area (Å²) < 4.78 is 1.09. The zero-order valence-electron chi connectivity index (χ0n) is 11.4. The van der Waals surface area contributed by atoms with Crippen LogP contribution < -0.4 is 10.2 Å². The van der Waals surface area contributed by atoms with Gasteiger partial charge in [-0.1, -0.05) is 28.8 Å². The van der Waals surface area contributed by atoms with E-state index >= 15 is 0 Å².